The van der Waals surface area contributed by atoms with Crippen LogP contribution < -0.4 is 5.32 Å². The predicted molar refractivity (Wildman–Crippen MR) is 43.2 cm³/mol. The summed E-state index contributed by atoms with van der Waals surface area (Å²) >= 11 is 0. The van der Waals surface area contributed by atoms with Crippen LogP contribution in [0.25, 0.3) is 0 Å². The lowest BCUT2D eigenvalue weighted by Gasteiger charge is -2.21. The van der Waals surface area contributed by atoms with E-state index in [1.165, 1.54) is 19.3 Å². The molecule has 1 atom stereocenters. The normalized spacial score (nSPS) is 28.5. The van der Waals surface area contributed by atoms with Crippen molar-refractivity contribution < 1.29 is 0 Å². The molecule has 0 amide bonds. The van der Waals surface area contributed by atoms with E-state index in [9.17, 15) is 0 Å². The van der Waals surface area contributed by atoms with Gasteiger partial charge >= 0.3 is 0 Å². The molecule has 0 spiro atoms. The summed E-state index contributed by atoms with van der Waals surface area (Å²) in [7, 11) is 4.33. The fraction of sp³-hybridized carbons (Fsp3) is 1.00. The third kappa shape index (κ3) is 2.27. The van der Waals surface area contributed by atoms with Gasteiger partial charge in [0.25, 0.3) is 0 Å². The molecular weight excluding hydrogens is 124 g/mol. The molecule has 59 valence electrons. The van der Waals surface area contributed by atoms with Crippen molar-refractivity contribution in [1.82, 2.24) is 10.2 Å². The minimum absolute atomic E-state index is 0.784. The van der Waals surface area contributed by atoms with Crippen molar-refractivity contribution in [2.24, 2.45) is 0 Å². The smallest absolute Gasteiger partial charge is 0.0148 e. The average molecular weight is 141 g/mol. The molecule has 1 aliphatic rings. The molecule has 1 saturated heterocycles. The highest BCUT2D eigenvalue weighted by molar-refractivity contribution is 4.71. The second-order valence-corrected chi connectivity index (χ2v) is 3.22. The Morgan fingerprint density at radius 3 is 2.70 bits per heavy atom. The number of hydrogen-bond donors (Lipinski definition) is 0. The standard InChI is InChI=1S/C8H17N2/c1-10(2)8-4-3-6-9-7-5-8/h8H,3-7H2,1-2H3/t8-/m0/s1. The van der Waals surface area contributed by atoms with Crippen LogP contribution in [0.4, 0.5) is 0 Å². The molecule has 0 aromatic carbocycles. The van der Waals surface area contributed by atoms with E-state index in [-0.39, 0.29) is 0 Å². The fourth-order valence-corrected chi connectivity index (χ4v) is 1.45. The molecule has 0 unspecified atom stereocenters. The Morgan fingerprint density at radius 2 is 2.00 bits per heavy atom. The van der Waals surface area contributed by atoms with Crippen LogP contribution in [0.5, 0.6) is 0 Å². The van der Waals surface area contributed by atoms with Gasteiger partial charge < -0.3 is 4.90 Å². The summed E-state index contributed by atoms with van der Waals surface area (Å²) < 4.78 is 0. The maximum atomic E-state index is 4.38. The Kier molecular flexibility index (Phi) is 3.16. The molecule has 1 rings (SSSR count). The molecule has 0 aromatic heterocycles. The Bertz CT molecular complexity index is 83.3. The van der Waals surface area contributed by atoms with Crippen LogP contribution in [0, 0.1) is 0 Å². The van der Waals surface area contributed by atoms with Gasteiger partial charge in [-0.05, 0) is 33.4 Å². The van der Waals surface area contributed by atoms with E-state index in [2.05, 4.69) is 24.3 Å². The van der Waals surface area contributed by atoms with Gasteiger partial charge in [-0.15, -0.1) is 0 Å². The molecule has 0 aliphatic carbocycles. The lowest BCUT2D eigenvalue weighted by atomic mass is 10.1. The van der Waals surface area contributed by atoms with E-state index in [1.54, 1.807) is 0 Å². The first-order valence-corrected chi connectivity index (χ1v) is 4.10. The van der Waals surface area contributed by atoms with Crippen LogP contribution in [0.1, 0.15) is 19.3 Å². The van der Waals surface area contributed by atoms with Gasteiger partial charge in [-0.25, -0.2) is 5.32 Å². The van der Waals surface area contributed by atoms with Crippen molar-refractivity contribution in [2.75, 3.05) is 27.2 Å². The predicted octanol–water partition coefficient (Wildman–Crippen LogP) is 0.705. The van der Waals surface area contributed by atoms with Crippen molar-refractivity contribution in [3.05, 3.63) is 0 Å². The molecule has 0 saturated carbocycles. The van der Waals surface area contributed by atoms with E-state index >= 15 is 0 Å². The highest BCUT2D eigenvalue weighted by Crippen LogP contribution is 2.09. The monoisotopic (exact) mass is 141 g/mol. The van der Waals surface area contributed by atoms with Crippen molar-refractivity contribution in [1.29, 1.82) is 0 Å². The van der Waals surface area contributed by atoms with Crippen LogP contribution in [0.15, 0.2) is 0 Å². The topological polar surface area (TPSA) is 17.3 Å². The Hall–Kier alpha value is -0.0800. The highest BCUT2D eigenvalue weighted by atomic mass is 15.1. The Labute approximate surface area is 63.6 Å². The first-order chi connectivity index (χ1) is 4.80. The molecule has 0 aromatic rings. The van der Waals surface area contributed by atoms with Crippen LogP contribution in [0.3, 0.4) is 0 Å². The summed E-state index contributed by atoms with van der Waals surface area (Å²) in [4.78, 5) is 2.32. The lowest BCUT2D eigenvalue weighted by molar-refractivity contribution is 0.272. The average Bonchev–Trinajstić information content (AvgIpc) is 2.12. The zero-order chi connectivity index (χ0) is 7.40. The van der Waals surface area contributed by atoms with Gasteiger partial charge in [0.1, 0.15) is 0 Å². The molecule has 1 fully saturated rings. The zero-order valence-electron chi connectivity index (χ0n) is 7.01. The summed E-state index contributed by atoms with van der Waals surface area (Å²) in [6.45, 7) is 2.16. The SMILES string of the molecule is CN(C)[C@H]1CCC[N]CC1. The van der Waals surface area contributed by atoms with Gasteiger partial charge in [-0.2, -0.15) is 0 Å². The second kappa shape index (κ2) is 3.94. The van der Waals surface area contributed by atoms with Gasteiger partial charge in [-0.1, -0.05) is 0 Å². The summed E-state index contributed by atoms with van der Waals surface area (Å²) in [5, 5.41) is 4.38. The van der Waals surface area contributed by atoms with Crippen molar-refractivity contribution in [2.45, 2.75) is 25.3 Å². The molecular formula is C8H17N2. The molecule has 1 radical (unpaired) electrons. The second-order valence-electron chi connectivity index (χ2n) is 3.22. The number of hydrogen-bond acceptors (Lipinski definition) is 1. The van der Waals surface area contributed by atoms with Crippen molar-refractivity contribution in [3.8, 4) is 0 Å². The van der Waals surface area contributed by atoms with Gasteiger partial charge in [0.2, 0.25) is 0 Å². The largest absolute Gasteiger partial charge is 0.306 e. The minimum atomic E-state index is 0.784. The molecule has 2 heteroatoms. The van der Waals surface area contributed by atoms with Crippen molar-refractivity contribution in [3.63, 3.8) is 0 Å². The third-order valence-electron chi connectivity index (χ3n) is 2.20. The summed E-state index contributed by atoms with van der Waals surface area (Å²) in [6.07, 6.45) is 3.87. The van der Waals surface area contributed by atoms with E-state index in [4.69, 9.17) is 0 Å². The summed E-state index contributed by atoms with van der Waals surface area (Å²) in [6, 6.07) is 0.784. The van der Waals surface area contributed by atoms with Crippen LogP contribution >= 0.6 is 0 Å². The van der Waals surface area contributed by atoms with Crippen LogP contribution in [-0.4, -0.2) is 38.1 Å². The maximum absolute atomic E-state index is 4.38. The Balaban J connectivity index is 2.28. The molecule has 10 heavy (non-hydrogen) atoms. The first-order valence-electron chi connectivity index (χ1n) is 4.10. The first kappa shape index (κ1) is 8.02. The van der Waals surface area contributed by atoms with Gasteiger partial charge in [0.05, 0.1) is 0 Å². The quantitative estimate of drug-likeness (QED) is 0.525. The molecule has 1 heterocycles. The van der Waals surface area contributed by atoms with Gasteiger partial charge in [-0.3, -0.25) is 0 Å². The summed E-state index contributed by atoms with van der Waals surface area (Å²) in [5.41, 5.74) is 0. The molecule has 2 nitrogen and oxygen atoms in total. The van der Waals surface area contributed by atoms with Crippen molar-refractivity contribution >= 4 is 0 Å². The minimum Gasteiger partial charge on any atom is -0.306 e. The summed E-state index contributed by atoms with van der Waals surface area (Å²) in [5.74, 6) is 0. The molecule has 1 aliphatic heterocycles. The third-order valence-corrected chi connectivity index (χ3v) is 2.20. The van der Waals surface area contributed by atoms with E-state index in [1.807, 2.05) is 0 Å². The fourth-order valence-electron chi connectivity index (χ4n) is 1.45. The van der Waals surface area contributed by atoms with E-state index < -0.39 is 0 Å². The number of rotatable bonds is 1. The maximum Gasteiger partial charge on any atom is 0.0148 e. The number of nitrogens with zero attached hydrogens (tertiary/aromatic N) is 2. The zero-order valence-corrected chi connectivity index (χ0v) is 7.01. The molecule has 0 bridgehead atoms. The lowest BCUT2D eigenvalue weighted by Crippen LogP contribution is -2.28. The highest BCUT2D eigenvalue weighted by Gasteiger charge is 2.13. The van der Waals surface area contributed by atoms with Gasteiger partial charge in [0.15, 0.2) is 0 Å². The van der Waals surface area contributed by atoms with Gasteiger partial charge in [0, 0.05) is 19.1 Å². The molecule has 0 N–H and O–H groups in total. The van der Waals surface area contributed by atoms with E-state index in [0.717, 1.165) is 19.1 Å². The Morgan fingerprint density at radius 1 is 1.20 bits per heavy atom. The van der Waals surface area contributed by atoms with Crippen LogP contribution in [0.2, 0.25) is 0 Å². The van der Waals surface area contributed by atoms with E-state index in [0.29, 0.717) is 0 Å². The van der Waals surface area contributed by atoms with Crippen LogP contribution in [-0.2, 0) is 0 Å².